The summed E-state index contributed by atoms with van der Waals surface area (Å²) in [7, 11) is 1.58. The summed E-state index contributed by atoms with van der Waals surface area (Å²) in [5, 5.41) is 8.13. The van der Waals surface area contributed by atoms with Gasteiger partial charge in [0.15, 0.2) is 11.5 Å². The smallest absolute Gasteiger partial charge is 0.261 e. The summed E-state index contributed by atoms with van der Waals surface area (Å²) >= 11 is 0. The number of amidine groups is 1. The van der Waals surface area contributed by atoms with Crippen LogP contribution >= 0.6 is 0 Å². The molecule has 5 N–H and O–H groups in total. The van der Waals surface area contributed by atoms with E-state index in [4.69, 9.17) is 20.2 Å². The van der Waals surface area contributed by atoms with Gasteiger partial charge in [-0.1, -0.05) is 31.4 Å². The molecular formula is C44H54N12O7. The fourth-order valence-corrected chi connectivity index (χ4v) is 8.72. The van der Waals surface area contributed by atoms with E-state index in [1.54, 1.807) is 19.2 Å². The van der Waals surface area contributed by atoms with Gasteiger partial charge in [-0.3, -0.25) is 44.5 Å². The normalized spacial score (nSPS) is 18.6. The number of amides is 5. The summed E-state index contributed by atoms with van der Waals surface area (Å²) in [5.41, 5.74) is 8.85. The molecule has 0 saturated carbocycles. The molecule has 5 amide bonds. The van der Waals surface area contributed by atoms with Crippen molar-refractivity contribution in [1.29, 1.82) is 0 Å². The monoisotopic (exact) mass is 862 g/mol. The van der Waals surface area contributed by atoms with Gasteiger partial charge in [-0.05, 0) is 56.0 Å². The lowest BCUT2D eigenvalue weighted by atomic mass is 10.0. The maximum absolute atomic E-state index is 13.3. The third-order valence-electron chi connectivity index (χ3n) is 12.1. The zero-order chi connectivity index (χ0) is 43.9. The topological polar surface area (TPSA) is 229 Å². The highest BCUT2D eigenvalue weighted by molar-refractivity contribution is 6.20. The number of aliphatic imine (C=N–C) groups is 2. The molecule has 5 aliphatic rings. The molecule has 63 heavy (non-hydrogen) atoms. The number of methoxy groups -OCH3 is 1. The standard InChI is InChI=1S/C44H54N12O7/c1-62-38-33(14-12-30-37(38)51-44(55-19-16-46-39(30)55)52-40(59)29-25-47-43(45)48-26-29)63-24-8-18-54-22-20-53(21-23-54)17-6-4-2-3-5-11-34(57)49-31-10-7-9-28-27-56(42(61)36(28)31)32-13-15-35(58)50-41(32)60/h7,9-10,12,14,25-26,32H,2-6,8,11,13,15-24,27H2,1H3,(H,49,57)(H2,45,47,48)(H,50,58,60)(H,51,52,59). The van der Waals surface area contributed by atoms with Crippen molar-refractivity contribution in [3.63, 3.8) is 0 Å². The lowest BCUT2D eigenvalue weighted by Crippen LogP contribution is -2.52. The van der Waals surface area contributed by atoms with Crippen LogP contribution in [0.5, 0.6) is 11.5 Å². The molecule has 0 aliphatic carbocycles. The number of guanidine groups is 1. The first kappa shape index (κ1) is 43.2. The van der Waals surface area contributed by atoms with Gasteiger partial charge in [-0.2, -0.15) is 0 Å². The van der Waals surface area contributed by atoms with Gasteiger partial charge in [0.25, 0.3) is 11.8 Å². The van der Waals surface area contributed by atoms with Crippen molar-refractivity contribution in [3.05, 3.63) is 65.0 Å². The van der Waals surface area contributed by atoms with Crippen molar-refractivity contribution in [2.45, 2.75) is 70.4 Å². The molecule has 0 radical (unpaired) electrons. The number of nitrogens with two attached hydrogens (primary N) is 1. The van der Waals surface area contributed by atoms with Gasteiger partial charge < -0.3 is 35.2 Å². The highest BCUT2D eigenvalue weighted by Gasteiger charge is 2.40. The number of aromatic nitrogens is 2. The number of hydrogen-bond donors (Lipinski definition) is 4. The number of imide groups is 1. The Kier molecular flexibility index (Phi) is 13.5. The Bertz CT molecular complexity index is 2290. The fraction of sp³-hybridized carbons (Fsp3) is 0.477. The summed E-state index contributed by atoms with van der Waals surface area (Å²) in [6.45, 7) is 7.98. The Morgan fingerprint density at radius 3 is 2.41 bits per heavy atom. The predicted molar refractivity (Wildman–Crippen MR) is 234 cm³/mol. The Balaban J connectivity index is 0.706. The Morgan fingerprint density at radius 2 is 1.65 bits per heavy atom. The second-order valence-corrected chi connectivity index (χ2v) is 16.3. The molecule has 19 nitrogen and oxygen atoms in total. The van der Waals surface area contributed by atoms with Crippen molar-refractivity contribution < 1.29 is 33.4 Å². The van der Waals surface area contributed by atoms with Crippen molar-refractivity contribution in [3.8, 4) is 11.5 Å². The van der Waals surface area contributed by atoms with E-state index in [0.717, 1.165) is 88.9 Å². The minimum absolute atomic E-state index is 0.0825. The summed E-state index contributed by atoms with van der Waals surface area (Å²) in [5.74, 6) is 0.567. The molecule has 1 atom stereocenters. The van der Waals surface area contributed by atoms with Gasteiger partial charge in [-0.15, -0.1) is 0 Å². The number of unbranched alkanes of at least 4 members (excludes halogenated alkanes) is 4. The van der Waals surface area contributed by atoms with E-state index in [1.165, 1.54) is 17.3 Å². The third kappa shape index (κ3) is 9.94. The van der Waals surface area contributed by atoms with Gasteiger partial charge in [0.2, 0.25) is 29.6 Å². The molecule has 3 aromatic rings. The number of benzene rings is 2. The van der Waals surface area contributed by atoms with Crippen LogP contribution < -0.4 is 31.2 Å². The number of fused-ring (bicyclic) bond motifs is 4. The number of nitrogen functional groups attached to an aromatic ring is 1. The molecule has 0 spiro atoms. The van der Waals surface area contributed by atoms with E-state index < -0.39 is 17.9 Å². The first-order valence-corrected chi connectivity index (χ1v) is 21.8. The van der Waals surface area contributed by atoms with E-state index >= 15 is 0 Å². The fourth-order valence-electron chi connectivity index (χ4n) is 8.72. The van der Waals surface area contributed by atoms with E-state index in [0.29, 0.717) is 72.8 Å². The molecular weight excluding hydrogens is 809 g/mol. The van der Waals surface area contributed by atoms with Crippen LogP contribution in [-0.2, 0) is 20.9 Å². The minimum atomic E-state index is -0.695. The van der Waals surface area contributed by atoms with Crippen LogP contribution in [0.4, 0.5) is 17.3 Å². The minimum Gasteiger partial charge on any atom is -0.491 e. The number of hydrogen-bond acceptors (Lipinski definition) is 15. The van der Waals surface area contributed by atoms with Gasteiger partial charge in [0.1, 0.15) is 17.6 Å². The molecule has 6 heterocycles. The first-order valence-electron chi connectivity index (χ1n) is 21.8. The number of nitrogens with zero attached hydrogens (tertiary/aromatic N) is 8. The highest BCUT2D eigenvalue weighted by Crippen LogP contribution is 2.43. The van der Waals surface area contributed by atoms with E-state index in [1.807, 2.05) is 23.1 Å². The molecule has 0 bridgehead atoms. The number of anilines is 2. The van der Waals surface area contributed by atoms with E-state index in [2.05, 4.69) is 40.7 Å². The number of carbonyl (C=O) groups excluding carboxylic acids is 5. The molecule has 1 unspecified atom stereocenters. The molecule has 332 valence electrons. The molecule has 2 fully saturated rings. The van der Waals surface area contributed by atoms with Crippen molar-refractivity contribution in [2.24, 2.45) is 9.98 Å². The van der Waals surface area contributed by atoms with Gasteiger partial charge in [-0.25, -0.2) is 15.0 Å². The summed E-state index contributed by atoms with van der Waals surface area (Å²) in [6.07, 6.45) is 9.45. The Labute approximate surface area is 365 Å². The average molecular weight is 863 g/mol. The molecule has 1 aromatic heterocycles. The lowest BCUT2D eigenvalue weighted by Gasteiger charge is -2.34. The maximum Gasteiger partial charge on any atom is 0.261 e. The SMILES string of the molecule is COc1c(OCCCN2CCN(CCCCCCCC(=O)Nc3cccc4c3C(=O)N(C3CCC(=O)NC3=O)C4)CC2)ccc2c1N=C(NC(=O)c1cnc(N)nc1)N1CCN=C21. The number of nitrogens with one attached hydrogen (secondary N) is 3. The average Bonchev–Trinajstić information content (AvgIpc) is 3.91. The number of ether oxygens (including phenoxy) is 2. The second-order valence-electron chi connectivity index (χ2n) is 16.3. The van der Waals surface area contributed by atoms with Crippen LogP contribution in [0.25, 0.3) is 0 Å². The zero-order valence-electron chi connectivity index (χ0n) is 35.6. The van der Waals surface area contributed by atoms with Crippen molar-refractivity contribution in [2.75, 3.05) is 77.1 Å². The van der Waals surface area contributed by atoms with Crippen LogP contribution in [0.2, 0.25) is 0 Å². The number of piperazine rings is 1. The zero-order valence-corrected chi connectivity index (χ0v) is 35.6. The van der Waals surface area contributed by atoms with E-state index in [9.17, 15) is 24.0 Å². The predicted octanol–water partition coefficient (Wildman–Crippen LogP) is 2.69. The van der Waals surface area contributed by atoms with Crippen LogP contribution in [0.3, 0.4) is 0 Å². The van der Waals surface area contributed by atoms with Crippen LogP contribution in [-0.4, -0.2) is 143 Å². The molecule has 8 rings (SSSR count). The summed E-state index contributed by atoms with van der Waals surface area (Å²) < 4.78 is 12.1. The Morgan fingerprint density at radius 1 is 0.905 bits per heavy atom. The van der Waals surface area contributed by atoms with Crippen LogP contribution in [0.1, 0.15) is 89.6 Å². The van der Waals surface area contributed by atoms with E-state index in [-0.39, 0.29) is 42.2 Å². The summed E-state index contributed by atoms with van der Waals surface area (Å²) in [4.78, 5) is 88.9. The van der Waals surface area contributed by atoms with Crippen LogP contribution in [0, 0.1) is 0 Å². The number of carbonyl (C=O) groups is 5. The van der Waals surface area contributed by atoms with Gasteiger partial charge >= 0.3 is 0 Å². The highest BCUT2D eigenvalue weighted by atomic mass is 16.5. The largest absolute Gasteiger partial charge is 0.491 e. The maximum atomic E-state index is 13.3. The third-order valence-corrected chi connectivity index (χ3v) is 12.1. The number of piperidine rings is 1. The van der Waals surface area contributed by atoms with Crippen molar-refractivity contribution in [1.82, 2.24) is 40.2 Å². The molecule has 19 heteroatoms. The molecule has 5 aliphatic heterocycles. The lowest BCUT2D eigenvalue weighted by molar-refractivity contribution is -0.137. The van der Waals surface area contributed by atoms with Gasteiger partial charge in [0.05, 0.1) is 37.1 Å². The molecule has 2 saturated heterocycles. The van der Waals surface area contributed by atoms with Gasteiger partial charge in [0, 0.05) is 76.6 Å². The van der Waals surface area contributed by atoms with Crippen LogP contribution in [0.15, 0.2) is 52.7 Å². The number of rotatable bonds is 17. The quantitative estimate of drug-likeness (QED) is 0.113. The summed E-state index contributed by atoms with van der Waals surface area (Å²) in [6, 6.07) is 8.49. The van der Waals surface area contributed by atoms with Crippen molar-refractivity contribution >= 4 is 58.7 Å². The Hall–Kier alpha value is -6.47. The first-order chi connectivity index (χ1) is 30.7. The molecule has 2 aromatic carbocycles. The second kappa shape index (κ2) is 19.7.